The predicted molar refractivity (Wildman–Crippen MR) is 91.9 cm³/mol. The summed E-state index contributed by atoms with van der Waals surface area (Å²) in [5.74, 6) is -0.645. The topological polar surface area (TPSA) is 190 Å². The summed E-state index contributed by atoms with van der Waals surface area (Å²) in [6.07, 6.45) is -0.995. The van der Waals surface area contributed by atoms with Gasteiger partial charge in [-0.25, -0.2) is 0 Å². The number of nitro groups is 4. The van der Waals surface area contributed by atoms with Crippen LogP contribution >= 0.6 is 0 Å². The number of ketones is 1. The Morgan fingerprint density at radius 1 is 0.643 bits per heavy atom. The highest BCUT2D eigenvalue weighted by Crippen LogP contribution is 2.28. The van der Waals surface area contributed by atoms with Crippen molar-refractivity contribution in [3.63, 3.8) is 0 Å². The molecule has 0 radical (unpaired) electrons. The van der Waals surface area contributed by atoms with Crippen LogP contribution in [0.3, 0.4) is 0 Å². The van der Waals surface area contributed by atoms with Gasteiger partial charge in [0.2, 0.25) is 0 Å². The van der Waals surface area contributed by atoms with Gasteiger partial charge in [0, 0.05) is 36.1 Å². The van der Waals surface area contributed by atoms with Crippen LogP contribution in [0.25, 0.3) is 0 Å². The third-order valence-corrected chi connectivity index (χ3v) is 3.73. The first-order valence-corrected chi connectivity index (χ1v) is 7.45. The van der Waals surface area contributed by atoms with Crippen LogP contribution in [-0.4, -0.2) is 25.5 Å². The minimum Gasteiger partial charge on any atom is -0.299 e. The fraction of sp³-hybridized carbons (Fsp3) is 0.133. The zero-order chi connectivity index (χ0) is 21.0. The first kappa shape index (κ1) is 20.0. The molecule has 2 rings (SSSR count). The summed E-state index contributed by atoms with van der Waals surface area (Å²) >= 11 is 0. The number of nitrogens with zero attached hydrogens (tertiary/aromatic N) is 4. The second-order valence-corrected chi connectivity index (χ2v) is 5.55. The van der Waals surface area contributed by atoms with E-state index in [9.17, 15) is 45.3 Å². The van der Waals surface area contributed by atoms with Crippen LogP contribution < -0.4 is 0 Å². The second-order valence-electron chi connectivity index (χ2n) is 5.55. The number of carbonyl (C=O) groups excluding carboxylic acids is 1. The van der Waals surface area contributed by atoms with Crippen LogP contribution in [0.2, 0.25) is 0 Å². The fourth-order valence-electron chi connectivity index (χ4n) is 2.46. The summed E-state index contributed by atoms with van der Waals surface area (Å²) in [4.78, 5) is 52.5. The van der Waals surface area contributed by atoms with Crippen LogP contribution in [0, 0.1) is 40.5 Å². The van der Waals surface area contributed by atoms with Gasteiger partial charge in [-0.15, -0.1) is 0 Å². The van der Waals surface area contributed by atoms with Crippen molar-refractivity contribution in [3.8, 4) is 0 Å². The van der Waals surface area contributed by atoms with Crippen molar-refractivity contribution < 1.29 is 24.5 Å². The molecule has 13 nitrogen and oxygen atoms in total. The highest BCUT2D eigenvalue weighted by molar-refractivity contribution is 5.85. The third-order valence-electron chi connectivity index (χ3n) is 3.73. The number of rotatable bonds is 8. The van der Waals surface area contributed by atoms with Gasteiger partial charge in [0.25, 0.3) is 22.7 Å². The number of nitro benzene ring substituents is 4. The van der Waals surface area contributed by atoms with Crippen LogP contribution in [0.15, 0.2) is 36.4 Å². The minimum atomic E-state index is -0.871. The van der Waals surface area contributed by atoms with Crippen molar-refractivity contribution in [2.75, 3.05) is 0 Å². The highest BCUT2D eigenvalue weighted by atomic mass is 16.6. The Balaban J connectivity index is 2.30. The van der Waals surface area contributed by atoms with E-state index in [1.165, 1.54) is 0 Å². The van der Waals surface area contributed by atoms with Crippen molar-refractivity contribution in [2.24, 2.45) is 0 Å². The van der Waals surface area contributed by atoms with Crippen LogP contribution in [0.5, 0.6) is 0 Å². The number of hydrogen-bond acceptors (Lipinski definition) is 9. The second kappa shape index (κ2) is 7.94. The average molecular weight is 390 g/mol. The molecular formula is C15H10N4O9. The van der Waals surface area contributed by atoms with E-state index in [4.69, 9.17) is 0 Å². The fourth-order valence-corrected chi connectivity index (χ4v) is 2.46. The van der Waals surface area contributed by atoms with E-state index < -0.39 is 61.1 Å². The zero-order valence-electron chi connectivity index (χ0n) is 13.8. The van der Waals surface area contributed by atoms with Crippen molar-refractivity contribution in [2.45, 2.75) is 12.8 Å². The Labute approximate surface area is 154 Å². The molecule has 0 saturated carbocycles. The molecule has 0 saturated heterocycles. The summed E-state index contributed by atoms with van der Waals surface area (Å²) in [5, 5.41) is 43.7. The molecule has 0 heterocycles. The Hall–Kier alpha value is -4.29. The maximum atomic E-state index is 12.3. The summed E-state index contributed by atoms with van der Waals surface area (Å²) in [6.45, 7) is 0. The number of hydrogen-bond donors (Lipinski definition) is 0. The molecule has 0 unspecified atom stereocenters. The average Bonchev–Trinajstić information content (AvgIpc) is 2.61. The van der Waals surface area contributed by atoms with Crippen molar-refractivity contribution in [3.05, 3.63) is 88.0 Å². The van der Waals surface area contributed by atoms with Gasteiger partial charge in [-0.2, -0.15) is 0 Å². The van der Waals surface area contributed by atoms with Gasteiger partial charge >= 0.3 is 0 Å². The smallest absolute Gasteiger partial charge is 0.279 e. The molecule has 0 spiro atoms. The van der Waals surface area contributed by atoms with E-state index in [1.807, 2.05) is 0 Å². The van der Waals surface area contributed by atoms with E-state index in [2.05, 4.69) is 0 Å². The van der Waals surface area contributed by atoms with Crippen LogP contribution in [-0.2, 0) is 17.6 Å². The van der Waals surface area contributed by atoms with E-state index in [0.717, 1.165) is 36.4 Å². The van der Waals surface area contributed by atoms with Gasteiger partial charge < -0.3 is 0 Å². The predicted octanol–water partition coefficient (Wildman–Crippen LogP) is 2.67. The molecule has 0 amide bonds. The van der Waals surface area contributed by atoms with Crippen molar-refractivity contribution >= 4 is 28.5 Å². The Morgan fingerprint density at radius 3 is 1.29 bits per heavy atom. The van der Waals surface area contributed by atoms with E-state index in [-0.39, 0.29) is 11.1 Å². The summed E-state index contributed by atoms with van der Waals surface area (Å²) in [7, 11) is 0. The zero-order valence-corrected chi connectivity index (χ0v) is 13.8. The first-order valence-electron chi connectivity index (χ1n) is 7.45. The number of Topliss-reactive ketones (excluding diaryl/α,β-unsaturated/α-hetero) is 1. The lowest BCUT2D eigenvalue weighted by molar-refractivity contribution is -0.394. The Bertz CT molecular complexity index is 939. The minimum absolute atomic E-state index is 0.0924. The van der Waals surface area contributed by atoms with Gasteiger partial charge in [0.15, 0.2) is 0 Å². The quantitative estimate of drug-likeness (QED) is 0.481. The van der Waals surface area contributed by atoms with Gasteiger partial charge in [-0.1, -0.05) is 0 Å². The summed E-state index contributed by atoms with van der Waals surface area (Å²) in [5.41, 5.74) is -2.47. The molecule has 0 aliphatic carbocycles. The van der Waals surface area contributed by atoms with Gasteiger partial charge in [-0.3, -0.25) is 45.3 Å². The Kier molecular flexibility index (Phi) is 5.68. The molecule has 0 bridgehead atoms. The van der Waals surface area contributed by atoms with E-state index in [0.29, 0.717) is 0 Å². The molecule has 13 heteroatoms. The molecular weight excluding hydrogens is 380 g/mol. The molecule has 2 aromatic carbocycles. The Morgan fingerprint density at radius 2 is 1.00 bits per heavy atom. The molecule has 0 aromatic heterocycles. The standard InChI is InChI=1S/C15H10N4O9/c20-13(5-9-1-3-11(16(21)22)7-14(9)18(25)26)6-10-2-4-12(17(23)24)8-15(10)19(27)28/h1-4,7-8H,5-6H2. The normalized spacial score (nSPS) is 10.3. The lowest BCUT2D eigenvalue weighted by atomic mass is 10.00. The number of benzene rings is 2. The van der Waals surface area contributed by atoms with E-state index >= 15 is 0 Å². The summed E-state index contributed by atoms with van der Waals surface area (Å²) in [6, 6.07) is 5.58. The van der Waals surface area contributed by atoms with E-state index in [1.54, 1.807) is 0 Å². The summed E-state index contributed by atoms with van der Waals surface area (Å²) < 4.78 is 0. The molecule has 0 fully saturated rings. The van der Waals surface area contributed by atoms with Crippen molar-refractivity contribution in [1.29, 1.82) is 0 Å². The maximum absolute atomic E-state index is 12.3. The van der Waals surface area contributed by atoms with Gasteiger partial charge in [-0.05, 0) is 12.1 Å². The van der Waals surface area contributed by atoms with Gasteiger partial charge in [0.05, 0.1) is 31.8 Å². The first-order chi connectivity index (χ1) is 13.1. The van der Waals surface area contributed by atoms with Crippen LogP contribution in [0.1, 0.15) is 11.1 Å². The molecule has 0 aliphatic rings. The molecule has 0 atom stereocenters. The monoisotopic (exact) mass is 390 g/mol. The number of non-ortho nitro benzene ring substituents is 2. The SMILES string of the molecule is O=C(Cc1ccc([N+](=O)[O-])cc1[N+](=O)[O-])Cc1ccc([N+](=O)[O-])cc1[N+](=O)[O-]. The van der Waals surface area contributed by atoms with Crippen LogP contribution in [0.4, 0.5) is 22.7 Å². The molecule has 2 aromatic rings. The molecule has 0 N–H and O–H groups in total. The largest absolute Gasteiger partial charge is 0.299 e. The lowest BCUT2D eigenvalue weighted by Gasteiger charge is -2.04. The van der Waals surface area contributed by atoms with Crippen molar-refractivity contribution in [1.82, 2.24) is 0 Å². The third kappa shape index (κ3) is 4.46. The molecule has 28 heavy (non-hydrogen) atoms. The molecule has 144 valence electrons. The molecule has 0 aliphatic heterocycles. The highest BCUT2D eigenvalue weighted by Gasteiger charge is 2.24. The lowest BCUT2D eigenvalue weighted by Crippen LogP contribution is -2.10. The number of carbonyl (C=O) groups is 1. The van der Waals surface area contributed by atoms with Gasteiger partial charge in [0.1, 0.15) is 5.78 Å². The maximum Gasteiger partial charge on any atom is 0.279 e.